The molecule has 8 heteroatoms. The summed E-state index contributed by atoms with van der Waals surface area (Å²) in [6.07, 6.45) is 0. The Hall–Kier alpha value is -2.70. The van der Waals surface area contributed by atoms with Crippen LogP contribution >= 0.6 is 23.2 Å². The van der Waals surface area contributed by atoms with E-state index >= 15 is 0 Å². The predicted octanol–water partition coefficient (Wildman–Crippen LogP) is 4.52. The van der Waals surface area contributed by atoms with E-state index in [2.05, 4.69) is 10.1 Å². The van der Waals surface area contributed by atoms with Crippen molar-refractivity contribution >= 4 is 34.8 Å². The van der Waals surface area contributed by atoms with Gasteiger partial charge in [0.05, 0.1) is 21.8 Å². The zero-order valence-electron chi connectivity index (χ0n) is 15.6. The van der Waals surface area contributed by atoms with E-state index in [0.29, 0.717) is 48.7 Å². The van der Waals surface area contributed by atoms with Gasteiger partial charge in [0.15, 0.2) is 0 Å². The molecule has 0 atom stereocenters. The van der Waals surface area contributed by atoms with Gasteiger partial charge in [0.25, 0.3) is 11.8 Å². The fourth-order valence-corrected chi connectivity index (χ4v) is 3.62. The molecule has 1 saturated heterocycles. The van der Waals surface area contributed by atoms with Gasteiger partial charge in [-0.05, 0) is 22.9 Å². The summed E-state index contributed by atoms with van der Waals surface area (Å²) in [4.78, 5) is 16.6. The van der Waals surface area contributed by atoms with Crippen LogP contribution in [0.1, 0.15) is 16.1 Å². The summed E-state index contributed by atoms with van der Waals surface area (Å²) in [7, 11) is 0. The predicted molar refractivity (Wildman–Crippen MR) is 112 cm³/mol. The maximum Gasteiger partial charge on any atom is 0.292 e. The lowest BCUT2D eigenvalue weighted by Crippen LogP contribution is -2.48. The highest BCUT2D eigenvalue weighted by molar-refractivity contribution is 6.43. The lowest BCUT2D eigenvalue weighted by atomic mass is 10.2. The summed E-state index contributed by atoms with van der Waals surface area (Å²) >= 11 is 12.4. The average molecular weight is 432 g/mol. The lowest BCUT2D eigenvalue weighted by molar-refractivity contribution is 0.0704. The molecule has 6 nitrogen and oxygen atoms in total. The van der Waals surface area contributed by atoms with Gasteiger partial charge in [-0.1, -0.05) is 59.6 Å². The number of nitrogens with zero attached hydrogens (tertiary/aromatic N) is 3. The summed E-state index contributed by atoms with van der Waals surface area (Å²) in [6.45, 7) is 2.75. The van der Waals surface area contributed by atoms with Crippen molar-refractivity contribution < 1.29 is 14.1 Å². The second-order valence-corrected chi connectivity index (χ2v) is 7.44. The summed E-state index contributed by atoms with van der Waals surface area (Å²) < 4.78 is 10.8. The topological polar surface area (TPSA) is 58.8 Å². The van der Waals surface area contributed by atoms with Crippen LogP contribution in [0.3, 0.4) is 0 Å². The Morgan fingerprint density at radius 2 is 1.79 bits per heavy atom. The number of piperazine rings is 1. The quantitative estimate of drug-likeness (QED) is 0.593. The number of halogens is 2. The fraction of sp³-hybridized carbons (Fsp3) is 0.238. The van der Waals surface area contributed by atoms with E-state index in [1.807, 2.05) is 42.5 Å². The van der Waals surface area contributed by atoms with Gasteiger partial charge in [-0.3, -0.25) is 4.79 Å². The Balaban J connectivity index is 1.34. The molecule has 2 heterocycles. The maximum absolute atomic E-state index is 12.7. The first-order valence-electron chi connectivity index (χ1n) is 9.23. The molecule has 0 N–H and O–H groups in total. The fourth-order valence-electron chi connectivity index (χ4n) is 3.20. The smallest absolute Gasteiger partial charge is 0.292 e. The van der Waals surface area contributed by atoms with Gasteiger partial charge in [-0.15, -0.1) is 0 Å². The van der Waals surface area contributed by atoms with Crippen molar-refractivity contribution in [3.63, 3.8) is 0 Å². The largest absolute Gasteiger partial charge is 0.471 e. The Bertz CT molecular complexity index is 986. The molecule has 0 radical (unpaired) electrons. The number of rotatable bonds is 5. The van der Waals surface area contributed by atoms with Crippen molar-refractivity contribution in [3.8, 4) is 5.88 Å². The van der Waals surface area contributed by atoms with Crippen molar-refractivity contribution in [3.05, 3.63) is 76.0 Å². The molecule has 0 spiro atoms. The highest BCUT2D eigenvalue weighted by Gasteiger charge is 2.26. The zero-order chi connectivity index (χ0) is 20.2. The number of carbonyl (C=O) groups excluding carboxylic acids is 1. The lowest BCUT2D eigenvalue weighted by Gasteiger charge is -2.36. The first kappa shape index (κ1) is 19.6. The van der Waals surface area contributed by atoms with Gasteiger partial charge in [0, 0.05) is 26.2 Å². The maximum atomic E-state index is 12.7. The van der Waals surface area contributed by atoms with E-state index in [1.54, 1.807) is 11.0 Å². The number of ether oxygens (including phenoxy) is 1. The van der Waals surface area contributed by atoms with Crippen LogP contribution in [0.2, 0.25) is 10.0 Å². The Kier molecular flexibility index (Phi) is 5.92. The molecule has 0 saturated carbocycles. The molecule has 1 aliphatic rings. The van der Waals surface area contributed by atoms with Crippen LogP contribution in [-0.4, -0.2) is 42.1 Å². The normalized spacial score (nSPS) is 14.1. The van der Waals surface area contributed by atoms with Crippen molar-refractivity contribution in [1.82, 2.24) is 10.1 Å². The van der Waals surface area contributed by atoms with E-state index in [4.69, 9.17) is 32.5 Å². The Labute approximate surface area is 178 Å². The number of amides is 1. The van der Waals surface area contributed by atoms with Crippen LogP contribution in [0, 0.1) is 0 Å². The molecule has 150 valence electrons. The van der Waals surface area contributed by atoms with E-state index in [9.17, 15) is 4.79 Å². The third-order valence-corrected chi connectivity index (χ3v) is 5.58. The van der Waals surface area contributed by atoms with Gasteiger partial charge >= 0.3 is 0 Å². The second kappa shape index (κ2) is 8.76. The standard InChI is InChI=1S/C21H19Cl2N3O3/c22-16-7-4-8-17(20(16)23)25-9-11-26(12-10-25)21(27)18-13-19(24-29-18)28-14-15-5-2-1-3-6-15/h1-8,13H,9-12,14H2. The van der Waals surface area contributed by atoms with Gasteiger partial charge < -0.3 is 19.1 Å². The summed E-state index contributed by atoms with van der Waals surface area (Å²) in [5.74, 6) is 0.257. The van der Waals surface area contributed by atoms with Crippen LogP contribution in [0.4, 0.5) is 5.69 Å². The molecular weight excluding hydrogens is 413 g/mol. The summed E-state index contributed by atoms with van der Waals surface area (Å²) in [5, 5.41) is 4.90. The second-order valence-electron chi connectivity index (χ2n) is 6.66. The number of anilines is 1. The molecule has 0 bridgehead atoms. The molecule has 1 aliphatic heterocycles. The van der Waals surface area contributed by atoms with Crippen LogP contribution in [-0.2, 0) is 6.61 Å². The molecule has 4 rings (SSSR count). The molecule has 0 unspecified atom stereocenters. The number of hydrogen-bond donors (Lipinski definition) is 0. The minimum Gasteiger partial charge on any atom is -0.471 e. The van der Waals surface area contributed by atoms with Gasteiger partial charge in [-0.25, -0.2) is 0 Å². The monoisotopic (exact) mass is 431 g/mol. The van der Waals surface area contributed by atoms with Crippen LogP contribution in [0.25, 0.3) is 0 Å². The molecule has 0 aliphatic carbocycles. The highest BCUT2D eigenvalue weighted by Crippen LogP contribution is 2.33. The molecular formula is C21H19Cl2N3O3. The molecule has 1 aromatic heterocycles. The summed E-state index contributed by atoms with van der Waals surface area (Å²) in [5.41, 5.74) is 1.89. The van der Waals surface area contributed by atoms with E-state index in [1.165, 1.54) is 6.07 Å². The van der Waals surface area contributed by atoms with Crippen LogP contribution in [0.15, 0.2) is 59.1 Å². The van der Waals surface area contributed by atoms with Crippen molar-refractivity contribution in [1.29, 1.82) is 0 Å². The Morgan fingerprint density at radius 1 is 1.03 bits per heavy atom. The van der Waals surface area contributed by atoms with Crippen LogP contribution in [0.5, 0.6) is 5.88 Å². The minimum atomic E-state index is -0.205. The molecule has 1 fully saturated rings. The summed E-state index contributed by atoms with van der Waals surface area (Å²) in [6, 6.07) is 16.8. The number of hydrogen-bond acceptors (Lipinski definition) is 5. The molecule has 3 aromatic rings. The highest BCUT2D eigenvalue weighted by atomic mass is 35.5. The molecule has 1 amide bonds. The first-order valence-corrected chi connectivity index (χ1v) is 9.99. The SMILES string of the molecule is O=C(c1cc(OCc2ccccc2)no1)N1CCN(c2cccc(Cl)c2Cl)CC1. The molecule has 29 heavy (non-hydrogen) atoms. The average Bonchev–Trinajstić information content (AvgIpc) is 3.24. The number of aromatic nitrogens is 1. The molecule has 2 aromatic carbocycles. The van der Waals surface area contributed by atoms with Crippen molar-refractivity contribution in [2.24, 2.45) is 0 Å². The van der Waals surface area contributed by atoms with Gasteiger partial charge in [-0.2, -0.15) is 0 Å². The van der Waals surface area contributed by atoms with E-state index < -0.39 is 0 Å². The third-order valence-electron chi connectivity index (χ3n) is 4.77. The Morgan fingerprint density at radius 3 is 2.55 bits per heavy atom. The number of carbonyl (C=O) groups is 1. The minimum absolute atomic E-state index is 0.169. The third kappa shape index (κ3) is 4.49. The van der Waals surface area contributed by atoms with Gasteiger partial charge in [0.2, 0.25) is 5.76 Å². The first-order chi connectivity index (χ1) is 14.1. The zero-order valence-corrected chi connectivity index (χ0v) is 17.1. The van der Waals surface area contributed by atoms with Crippen molar-refractivity contribution in [2.45, 2.75) is 6.61 Å². The van der Waals surface area contributed by atoms with Crippen molar-refractivity contribution in [2.75, 3.05) is 31.1 Å². The van der Waals surface area contributed by atoms with E-state index in [-0.39, 0.29) is 11.7 Å². The van der Waals surface area contributed by atoms with Gasteiger partial charge in [0.1, 0.15) is 6.61 Å². The van der Waals surface area contributed by atoms with Crippen LogP contribution < -0.4 is 9.64 Å². The number of benzene rings is 2. The van der Waals surface area contributed by atoms with E-state index in [0.717, 1.165) is 11.3 Å².